The third kappa shape index (κ3) is 2.84. The highest BCUT2D eigenvalue weighted by Crippen LogP contribution is 2.37. The van der Waals surface area contributed by atoms with Gasteiger partial charge in [0.25, 0.3) is 0 Å². The van der Waals surface area contributed by atoms with Crippen molar-refractivity contribution < 1.29 is 9.26 Å². The SMILES string of the molecule is COc1ccc(-c2noc(CN3CC4CCC(N)C4C3)n2)cc1. The fourth-order valence-electron chi connectivity index (χ4n) is 3.90. The molecule has 3 unspecified atom stereocenters. The first kappa shape index (κ1) is 14.7. The fraction of sp³-hybridized carbons (Fsp3) is 0.529. The number of rotatable bonds is 4. The number of benzene rings is 1. The second-order valence-electron chi connectivity index (χ2n) is 6.60. The van der Waals surface area contributed by atoms with Crippen molar-refractivity contribution >= 4 is 0 Å². The third-order valence-electron chi connectivity index (χ3n) is 5.16. The summed E-state index contributed by atoms with van der Waals surface area (Å²) in [5.74, 6) is 3.49. The Kier molecular flexibility index (Phi) is 3.79. The zero-order valence-corrected chi connectivity index (χ0v) is 13.3. The second kappa shape index (κ2) is 5.94. The van der Waals surface area contributed by atoms with E-state index < -0.39 is 0 Å². The summed E-state index contributed by atoms with van der Waals surface area (Å²) in [4.78, 5) is 6.91. The van der Waals surface area contributed by atoms with Gasteiger partial charge in [-0.05, 0) is 48.9 Å². The largest absolute Gasteiger partial charge is 0.497 e. The van der Waals surface area contributed by atoms with Gasteiger partial charge >= 0.3 is 0 Å². The van der Waals surface area contributed by atoms with Gasteiger partial charge in [-0.25, -0.2) is 0 Å². The second-order valence-corrected chi connectivity index (χ2v) is 6.60. The molecule has 1 saturated heterocycles. The molecule has 0 amide bonds. The molecule has 6 heteroatoms. The van der Waals surface area contributed by atoms with Crippen LogP contribution in [0.3, 0.4) is 0 Å². The molecule has 1 aromatic heterocycles. The normalized spacial score (nSPS) is 27.3. The molecule has 2 aliphatic rings. The standard InChI is InChI=1S/C17H22N4O2/c1-22-13-5-2-11(3-6-13)17-19-16(23-20-17)10-21-8-12-4-7-15(18)14(12)9-21/h2-3,5-6,12,14-15H,4,7-10,18H2,1H3. The van der Waals surface area contributed by atoms with E-state index in [2.05, 4.69) is 15.0 Å². The number of ether oxygens (including phenoxy) is 1. The van der Waals surface area contributed by atoms with Gasteiger partial charge in [0, 0.05) is 24.7 Å². The Morgan fingerprint density at radius 2 is 2.09 bits per heavy atom. The lowest BCUT2D eigenvalue weighted by atomic mass is 9.98. The van der Waals surface area contributed by atoms with E-state index >= 15 is 0 Å². The van der Waals surface area contributed by atoms with Gasteiger partial charge in [-0.3, -0.25) is 4.90 Å². The van der Waals surface area contributed by atoms with Crippen LogP contribution >= 0.6 is 0 Å². The minimum atomic E-state index is 0.363. The van der Waals surface area contributed by atoms with Crippen LogP contribution in [-0.2, 0) is 6.54 Å². The molecule has 2 heterocycles. The molecule has 1 aliphatic carbocycles. The number of nitrogens with zero attached hydrogens (tertiary/aromatic N) is 3. The Morgan fingerprint density at radius 1 is 1.26 bits per heavy atom. The molecule has 0 bridgehead atoms. The number of hydrogen-bond acceptors (Lipinski definition) is 6. The summed E-state index contributed by atoms with van der Waals surface area (Å²) in [5, 5.41) is 4.09. The van der Waals surface area contributed by atoms with E-state index in [-0.39, 0.29) is 0 Å². The summed E-state index contributed by atoms with van der Waals surface area (Å²) >= 11 is 0. The molecule has 0 radical (unpaired) electrons. The van der Waals surface area contributed by atoms with Crippen LogP contribution in [0.5, 0.6) is 5.75 Å². The van der Waals surface area contributed by atoms with Gasteiger partial charge in [0.1, 0.15) is 5.75 Å². The predicted molar refractivity (Wildman–Crippen MR) is 85.8 cm³/mol. The molecular weight excluding hydrogens is 292 g/mol. The van der Waals surface area contributed by atoms with Crippen molar-refractivity contribution in [1.29, 1.82) is 0 Å². The zero-order valence-electron chi connectivity index (χ0n) is 13.3. The number of hydrogen-bond donors (Lipinski definition) is 1. The first-order chi connectivity index (χ1) is 11.2. The molecule has 0 spiro atoms. The summed E-state index contributed by atoms with van der Waals surface area (Å²) in [6.07, 6.45) is 2.43. The van der Waals surface area contributed by atoms with E-state index in [4.69, 9.17) is 15.0 Å². The first-order valence-corrected chi connectivity index (χ1v) is 8.18. The van der Waals surface area contributed by atoms with Crippen molar-refractivity contribution in [3.05, 3.63) is 30.2 Å². The molecule has 4 rings (SSSR count). The Bertz CT molecular complexity index is 669. The fourth-order valence-corrected chi connectivity index (χ4v) is 3.90. The number of methoxy groups -OCH3 is 1. The van der Waals surface area contributed by atoms with Gasteiger partial charge in [0.05, 0.1) is 13.7 Å². The van der Waals surface area contributed by atoms with Crippen LogP contribution in [0.1, 0.15) is 18.7 Å². The molecule has 23 heavy (non-hydrogen) atoms. The number of likely N-dealkylation sites (tertiary alicyclic amines) is 1. The van der Waals surface area contributed by atoms with Crippen molar-refractivity contribution in [2.75, 3.05) is 20.2 Å². The zero-order chi connectivity index (χ0) is 15.8. The molecule has 122 valence electrons. The lowest BCUT2D eigenvalue weighted by Crippen LogP contribution is -2.30. The van der Waals surface area contributed by atoms with E-state index in [0.29, 0.717) is 30.2 Å². The Labute approximate surface area is 135 Å². The smallest absolute Gasteiger partial charge is 0.241 e. The third-order valence-corrected chi connectivity index (χ3v) is 5.16. The quantitative estimate of drug-likeness (QED) is 0.929. The summed E-state index contributed by atoms with van der Waals surface area (Å²) in [5.41, 5.74) is 7.12. The van der Waals surface area contributed by atoms with E-state index in [9.17, 15) is 0 Å². The molecule has 3 atom stereocenters. The average molecular weight is 314 g/mol. The van der Waals surface area contributed by atoms with Crippen LogP contribution in [-0.4, -0.2) is 41.3 Å². The highest BCUT2D eigenvalue weighted by atomic mass is 16.5. The molecule has 2 N–H and O–H groups in total. The minimum absolute atomic E-state index is 0.363. The molecule has 6 nitrogen and oxygen atoms in total. The average Bonchev–Trinajstić information content (AvgIpc) is 3.27. The maximum Gasteiger partial charge on any atom is 0.241 e. The van der Waals surface area contributed by atoms with E-state index in [1.54, 1.807) is 7.11 Å². The number of nitrogens with two attached hydrogens (primary N) is 1. The maximum absolute atomic E-state index is 6.19. The van der Waals surface area contributed by atoms with Gasteiger partial charge in [-0.1, -0.05) is 5.16 Å². The Balaban J connectivity index is 1.42. The van der Waals surface area contributed by atoms with Crippen LogP contribution in [0.25, 0.3) is 11.4 Å². The van der Waals surface area contributed by atoms with Gasteiger partial charge < -0.3 is 15.0 Å². The van der Waals surface area contributed by atoms with Crippen molar-refractivity contribution in [1.82, 2.24) is 15.0 Å². The van der Waals surface area contributed by atoms with Crippen LogP contribution in [0, 0.1) is 11.8 Å². The number of fused-ring (bicyclic) bond motifs is 1. The lowest BCUT2D eigenvalue weighted by Gasteiger charge is -2.15. The minimum Gasteiger partial charge on any atom is -0.497 e. The maximum atomic E-state index is 6.19. The predicted octanol–water partition coefficient (Wildman–Crippen LogP) is 1.91. The Morgan fingerprint density at radius 3 is 2.83 bits per heavy atom. The molecule has 1 saturated carbocycles. The molecular formula is C17H22N4O2. The van der Waals surface area contributed by atoms with Gasteiger partial charge in [-0.15, -0.1) is 0 Å². The highest BCUT2D eigenvalue weighted by molar-refractivity contribution is 5.55. The van der Waals surface area contributed by atoms with Crippen LogP contribution in [0.2, 0.25) is 0 Å². The van der Waals surface area contributed by atoms with Crippen LogP contribution < -0.4 is 10.5 Å². The highest BCUT2D eigenvalue weighted by Gasteiger charge is 2.41. The van der Waals surface area contributed by atoms with E-state index in [0.717, 1.165) is 30.3 Å². The monoisotopic (exact) mass is 314 g/mol. The number of aromatic nitrogens is 2. The molecule has 1 aromatic carbocycles. The van der Waals surface area contributed by atoms with Crippen LogP contribution in [0.4, 0.5) is 0 Å². The summed E-state index contributed by atoms with van der Waals surface area (Å²) in [6, 6.07) is 8.03. The lowest BCUT2D eigenvalue weighted by molar-refractivity contribution is 0.250. The molecule has 1 aliphatic heterocycles. The Hall–Kier alpha value is -1.92. The van der Waals surface area contributed by atoms with Gasteiger partial charge in [-0.2, -0.15) is 4.98 Å². The topological polar surface area (TPSA) is 77.4 Å². The van der Waals surface area contributed by atoms with Crippen molar-refractivity contribution in [2.45, 2.75) is 25.4 Å². The first-order valence-electron chi connectivity index (χ1n) is 8.18. The van der Waals surface area contributed by atoms with Gasteiger partial charge in [0.2, 0.25) is 11.7 Å². The summed E-state index contributed by atoms with van der Waals surface area (Å²) in [6.45, 7) is 2.85. The van der Waals surface area contributed by atoms with Crippen LogP contribution in [0.15, 0.2) is 28.8 Å². The molecule has 2 fully saturated rings. The summed E-state index contributed by atoms with van der Waals surface area (Å²) < 4.78 is 10.6. The van der Waals surface area contributed by atoms with E-state index in [1.165, 1.54) is 12.8 Å². The van der Waals surface area contributed by atoms with Gasteiger partial charge in [0.15, 0.2) is 0 Å². The molecule has 2 aromatic rings. The van der Waals surface area contributed by atoms with Crippen molar-refractivity contribution in [2.24, 2.45) is 17.6 Å². The van der Waals surface area contributed by atoms with Crippen molar-refractivity contribution in [3.63, 3.8) is 0 Å². The van der Waals surface area contributed by atoms with E-state index in [1.807, 2.05) is 24.3 Å². The van der Waals surface area contributed by atoms with Crippen molar-refractivity contribution in [3.8, 4) is 17.1 Å². The summed E-state index contributed by atoms with van der Waals surface area (Å²) in [7, 11) is 1.65.